The number of carbonyl (C=O) groups is 3. The molecule has 4 aliphatic rings. The van der Waals surface area contributed by atoms with Crippen LogP contribution in [0.2, 0.25) is 0 Å². The minimum absolute atomic E-state index is 0.00839. The Hall–Kier alpha value is -5.43. The monoisotopic (exact) mass is 1040 g/mol. The van der Waals surface area contributed by atoms with Gasteiger partial charge in [-0.3, -0.25) is 0 Å². The Bertz CT molecular complexity index is 2220. The van der Waals surface area contributed by atoms with Crippen LogP contribution in [0.1, 0.15) is 69.6 Å². The van der Waals surface area contributed by atoms with Crippen molar-refractivity contribution in [3.8, 4) is 0 Å². The van der Waals surface area contributed by atoms with Crippen molar-refractivity contribution in [2.24, 2.45) is 5.92 Å². The molecule has 0 spiro atoms. The molecule has 0 aromatic heterocycles. The van der Waals surface area contributed by atoms with E-state index in [1.807, 2.05) is 67.6 Å². The van der Waals surface area contributed by atoms with Gasteiger partial charge in [0.25, 0.3) is 0 Å². The van der Waals surface area contributed by atoms with Gasteiger partial charge < -0.3 is 89.4 Å². The van der Waals surface area contributed by atoms with Crippen LogP contribution in [0.4, 0.5) is 14.4 Å². The van der Waals surface area contributed by atoms with Gasteiger partial charge in [-0.2, -0.15) is 0 Å². The first-order valence-corrected chi connectivity index (χ1v) is 25.4. The third-order valence-electron chi connectivity index (χ3n) is 13.4. The van der Waals surface area contributed by atoms with Gasteiger partial charge in [0.15, 0.2) is 12.6 Å². The number of unbranched alkanes of at least 4 members (excludes halogenated alkanes) is 1. The summed E-state index contributed by atoms with van der Waals surface area (Å²) in [4.78, 5) is 39.7. The van der Waals surface area contributed by atoms with Gasteiger partial charge in [0.05, 0.1) is 37.4 Å². The van der Waals surface area contributed by atoms with E-state index in [-0.39, 0.29) is 39.1 Å². The van der Waals surface area contributed by atoms with Crippen molar-refractivity contribution in [1.29, 1.82) is 0 Å². The lowest BCUT2D eigenvalue weighted by atomic mass is 9.80. The molecule has 21 heteroatoms. The summed E-state index contributed by atoms with van der Waals surface area (Å²) in [5, 5.41) is 68.7. The summed E-state index contributed by atoms with van der Waals surface area (Å²) in [5.41, 5.74) is 2.22. The zero-order chi connectivity index (χ0) is 52.6. The van der Waals surface area contributed by atoms with Crippen LogP contribution < -0.4 is 21.3 Å². The number of nitrogens with one attached hydrogen (secondary N) is 4. The van der Waals surface area contributed by atoms with E-state index in [0.717, 1.165) is 30.5 Å². The highest BCUT2D eigenvalue weighted by Crippen LogP contribution is 2.37. The average Bonchev–Trinajstić information content (AvgIpc) is 3.71. The van der Waals surface area contributed by atoms with E-state index < -0.39 is 123 Å². The molecule has 1 aliphatic carbocycles. The van der Waals surface area contributed by atoms with Gasteiger partial charge in [-0.15, -0.1) is 0 Å². The number of aliphatic hydroxyl groups excluding tert-OH is 5. The summed E-state index contributed by atoms with van der Waals surface area (Å²) in [7, 11) is 0. The van der Waals surface area contributed by atoms with Gasteiger partial charge in [-0.25, -0.2) is 14.4 Å². The molecule has 16 atom stereocenters. The summed E-state index contributed by atoms with van der Waals surface area (Å²) in [5.74, 6) is 0.0193. The molecule has 0 unspecified atom stereocenters. The van der Waals surface area contributed by atoms with Crippen molar-refractivity contribution in [2.75, 3.05) is 19.7 Å². The molecule has 3 amide bonds. The zero-order valence-electron chi connectivity index (χ0n) is 41.9. The maximum absolute atomic E-state index is 13.3. The number of amides is 3. The van der Waals surface area contributed by atoms with Gasteiger partial charge in [0, 0.05) is 0 Å². The molecule has 0 radical (unpaired) electrons. The van der Waals surface area contributed by atoms with E-state index in [4.69, 9.17) is 42.6 Å². The van der Waals surface area contributed by atoms with Crippen molar-refractivity contribution in [1.82, 2.24) is 21.3 Å². The molecule has 3 heterocycles. The van der Waals surface area contributed by atoms with E-state index in [1.165, 1.54) is 0 Å². The molecule has 3 aromatic rings. The van der Waals surface area contributed by atoms with Crippen molar-refractivity contribution in [2.45, 2.75) is 165 Å². The summed E-state index contributed by atoms with van der Waals surface area (Å²) < 4.78 is 54.6. The second-order valence-corrected chi connectivity index (χ2v) is 18.9. The van der Waals surface area contributed by atoms with Crippen molar-refractivity contribution in [3.05, 3.63) is 120 Å². The van der Waals surface area contributed by atoms with Gasteiger partial charge in [0.1, 0.15) is 74.3 Å². The first-order chi connectivity index (χ1) is 35.8. The molecule has 406 valence electrons. The summed E-state index contributed by atoms with van der Waals surface area (Å²) in [6.07, 6.45) is -15.0. The lowest BCUT2D eigenvalue weighted by molar-refractivity contribution is -0.288. The fourth-order valence-electron chi connectivity index (χ4n) is 9.33. The number of hydrogen-bond acceptors (Lipinski definition) is 18. The maximum atomic E-state index is 13.3. The van der Waals surface area contributed by atoms with Crippen LogP contribution in [-0.2, 0) is 62.5 Å². The zero-order valence-corrected chi connectivity index (χ0v) is 41.9. The fourth-order valence-corrected chi connectivity index (χ4v) is 9.33. The van der Waals surface area contributed by atoms with E-state index in [1.54, 1.807) is 43.3 Å². The minimum atomic E-state index is -1.73. The molecule has 2 saturated heterocycles. The standard InChI is InChI=1S/C53H72N4O17/c1-4-6-24-54-26-35-22-23-36(55-51(63)66-28-32-16-10-7-11-17-32)48(69-35)72-45-31(3)25-37(56-52(64)67-29-33-18-12-8-13-19-33)41(59)47(45)74-50-44(62)46(39(27-58)71-50)73-49-40(43(61)42(60)38(5-2)70-49)57-53(65)68-30-34-20-14-9-15-21-34/h7-22,31,36-50,54,58-62H,4-6,23-30H2,1-3H3,(H,55,63)(H,56,64)(H,57,65)/t31-,36+,37+,38-,39+,40+,41-,42+,43+,44+,45+,46+,47+,48+,49+,50-/m0/s1. The molecular weight excluding hydrogens is 965 g/mol. The molecule has 3 fully saturated rings. The number of aliphatic hydroxyl groups is 5. The number of hydrogen-bond donors (Lipinski definition) is 9. The number of carbonyl (C=O) groups excluding carboxylic acids is 3. The predicted molar refractivity (Wildman–Crippen MR) is 263 cm³/mol. The Balaban J connectivity index is 1.11. The normalized spacial score (nSPS) is 31.8. The first-order valence-electron chi connectivity index (χ1n) is 25.4. The van der Waals surface area contributed by atoms with Crippen LogP contribution in [-0.4, -0.2) is 155 Å². The smallest absolute Gasteiger partial charge is 0.407 e. The van der Waals surface area contributed by atoms with Gasteiger partial charge in [0.2, 0.25) is 6.29 Å². The molecule has 3 aliphatic heterocycles. The Morgan fingerprint density at radius 3 is 1.69 bits per heavy atom. The van der Waals surface area contributed by atoms with Gasteiger partial charge in [-0.05, 0) is 60.9 Å². The van der Waals surface area contributed by atoms with Crippen molar-refractivity contribution in [3.63, 3.8) is 0 Å². The SMILES string of the molecule is CCCCNCC1=CC[C@@H](NC(=O)OCc2ccccc2)[C@@H](O[C@H]2[C@H](O[C@@H]3O[C@H](CO)[C@@H](O[C@H]4O[C@@H](CC)[C@@H](O)[C@H](O)[C@H]4NC(=O)OCc4ccccc4)[C@H]3O)[C@@H](O)[C@H](NC(=O)OCc3ccccc3)C[C@@H]2C)O1. The maximum Gasteiger partial charge on any atom is 0.407 e. The Kier molecular flexibility index (Phi) is 21.2. The van der Waals surface area contributed by atoms with Gasteiger partial charge >= 0.3 is 18.3 Å². The Morgan fingerprint density at radius 1 is 0.608 bits per heavy atom. The minimum Gasteiger partial charge on any atom is -0.466 e. The molecular formula is C53H72N4O17. The number of ether oxygens (including phenoxy) is 9. The summed E-state index contributed by atoms with van der Waals surface area (Å²) in [6, 6.07) is 23.9. The molecule has 1 saturated carbocycles. The summed E-state index contributed by atoms with van der Waals surface area (Å²) >= 11 is 0. The number of alkyl carbamates (subject to hydrolysis) is 3. The lowest BCUT2D eigenvalue weighted by Gasteiger charge is -2.46. The molecule has 0 bridgehead atoms. The van der Waals surface area contributed by atoms with Crippen molar-refractivity contribution >= 4 is 18.3 Å². The lowest BCUT2D eigenvalue weighted by Crippen LogP contribution is -2.65. The second-order valence-electron chi connectivity index (χ2n) is 18.9. The first kappa shape index (κ1) is 56.3. The fraction of sp³-hybridized carbons (Fsp3) is 0.566. The van der Waals surface area contributed by atoms with Crippen LogP contribution in [0, 0.1) is 5.92 Å². The van der Waals surface area contributed by atoms with Crippen LogP contribution in [0.5, 0.6) is 0 Å². The molecule has 74 heavy (non-hydrogen) atoms. The highest BCUT2D eigenvalue weighted by molar-refractivity contribution is 5.68. The van der Waals surface area contributed by atoms with E-state index >= 15 is 0 Å². The molecule has 9 N–H and O–H groups in total. The third-order valence-corrected chi connectivity index (χ3v) is 13.4. The summed E-state index contributed by atoms with van der Waals surface area (Å²) in [6.45, 7) is 5.84. The van der Waals surface area contributed by atoms with Gasteiger partial charge in [-0.1, -0.05) is 118 Å². The van der Waals surface area contributed by atoms with E-state index in [9.17, 15) is 39.9 Å². The molecule has 7 rings (SSSR count). The highest BCUT2D eigenvalue weighted by Gasteiger charge is 2.55. The quantitative estimate of drug-likeness (QED) is 0.0515. The molecule has 3 aromatic carbocycles. The Labute approximate surface area is 430 Å². The van der Waals surface area contributed by atoms with E-state index in [2.05, 4.69) is 28.2 Å². The van der Waals surface area contributed by atoms with Crippen LogP contribution in [0.15, 0.2) is 103 Å². The second kappa shape index (κ2) is 27.9. The van der Waals surface area contributed by atoms with Crippen LogP contribution in [0.3, 0.4) is 0 Å². The van der Waals surface area contributed by atoms with Crippen LogP contribution >= 0.6 is 0 Å². The largest absolute Gasteiger partial charge is 0.466 e. The predicted octanol–water partition coefficient (Wildman–Crippen LogP) is 3.38. The van der Waals surface area contributed by atoms with Crippen molar-refractivity contribution < 1.29 is 82.5 Å². The number of rotatable bonds is 22. The third kappa shape index (κ3) is 15.3. The topological polar surface area (TPSA) is 284 Å². The average molecular weight is 1040 g/mol. The molecule has 21 nitrogen and oxygen atoms in total. The van der Waals surface area contributed by atoms with E-state index in [0.29, 0.717) is 17.9 Å². The van der Waals surface area contributed by atoms with Crippen LogP contribution in [0.25, 0.3) is 0 Å². The Morgan fingerprint density at radius 2 is 1.14 bits per heavy atom. The number of benzene rings is 3. The highest BCUT2D eigenvalue weighted by atomic mass is 16.8.